The van der Waals surface area contributed by atoms with Gasteiger partial charge in [0.15, 0.2) is 0 Å². The second-order valence-corrected chi connectivity index (χ2v) is 4.69. The van der Waals surface area contributed by atoms with Gasteiger partial charge in [-0.25, -0.2) is 9.67 Å². The van der Waals surface area contributed by atoms with Crippen molar-refractivity contribution >= 4 is 0 Å². The van der Waals surface area contributed by atoms with Crippen LogP contribution in [-0.4, -0.2) is 32.6 Å². The fourth-order valence-corrected chi connectivity index (χ4v) is 1.91. The summed E-state index contributed by atoms with van der Waals surface area (Å²) in [5, 5.41) is 22.4. The first-order chi connectivity index (χ1) is 9.56. The van der Waals surface area contributed by atoms with E-state index in [1.54, 1.807) is 0 Å². The van der Waals surface area contributed by atoms with Crippen molar-refractivity contribution in [2.45, 2.75) is 26.5 Å². The first-order valence-corrected chi connectivity index (χ1v) is 6.25. The van der Waals surface area contributed by atoms with Gasteiger partial charge in [-0.3, -0.25) is 0 Å². The second kappa shape index (κ2) is 6.17. The van der Waals surface area contributed by atoms with Crippen molar-refractivity contribution in [3.05, 3.63) is 41.5 Å². The molecule has 0 amide bonds. The predicted molar refractivity (Wildman–Crippen MR) is 72.2 cm³/mol. The quantitative estimate of drug-likeness (QED) is 0.884. The summed E-state index contributed by atoms with van der Waals surface area (Å²) in [5.74, 6) is 0.824. The van der Waals surface area contributed by atoms with Gasteiger partial charge in [0.25, 0.3) is 5.82 Å². The molecule has 1 aromatic carbocycles. The van der Waals surface area contributed by atoms with Crippen LogP contribution in [0.4, 0.5) is 0 Å². The summed E-state index contributed by atoms with van der Waals surface area (Å²) in [6.45, 7) is 4.38. The van der Waals surface area contributed by atoms with Gasteiger partial charge in [-0.15, -0.1) is 5.10 Å². The number of ether oxygens (including phenoxy) is 1. The molecule has 104 valence electrons. The lowest BCUT2D eigenvalue weighted by molar-refractivity contribution is 0.0891. The van der Waals surface area contributed by atoms with Crippen LogP contribution in [0.3, 0.4) is 0 Å². The molecule has 0 aliphatic rings. The number of aryl methyl sites for hydroxylation is 2. The van der Waals surface area contributed by atoms with Crippen LogP contribution in [0.25, 0.3) is 0 Å². The van der Waals surface area contributed by atoms with Crippen molar-refractivity contribution in [3.8, 4) is 11.8 Å². The Kier molecular flexibility index (Phi) is 4.33. The van der Waals surface area contributed by atoms with Crippen molar-refractivity contribution in [2.75, 3.05) is 6.61 Å². The zero-order valence-corrected chi connectivity index (χ0v) is 11.4. The van der Waals surface area contributed by atoms with Crippen LogP contribution in [0, 0.1) is 25.2 Å². The van der Waals surface area contributed by atoms with E-state index in [1.807, 2.05) is 32.0 Å². The Morgan fingerprint density at radius 3 is 2.65 bits per heavy atom. The minimum absolute atomic E-state index is 0.0902. The van der Waals surface area contributed by atoms with Gasteiger partial charge in [-0.2, -0.15) is 5.26 Å². The Balaban J connectivity index is 1.88. The summed E-state index contributed by atoms with van der Waals surface area (Å²) in [6.07, 6.45) is 0.697. The summed E-state index contributed by atoms with van der Waals surface area (Å²) in [4.78, 5) is 3.77. The highest BCUT2D eigenvalue weighted by Gasteiger charge is 2.09. The van der Waals surface area contributed by atoms with Crippen LogP contribution in [0.2, 0.25) is 0 Å². The van der Waals surface area contributed by atoms with E-state index in [0.29, 0.717) is 0 Å². The summed E-state index contributed by atoms with van der Waals surface area (Å²) < 4.78 is 6.98. The lowest BCUT2D eigenvalue weighted by Crippen LogP contribution is -2.24. The average Bonchev–Trinajstić information content (AvgIpc) is 2.83. The van der Waals surface area contributed by atoms with E-state index >= 15 is 0 Å². The number of hydrogen-bond donors (Lipinski definition) is 1. The van der Waals surface area contributed by atoms with E-state index in [1.165, 1.54) is 11.0 Å². The fourth-order valence-electron chi connectivity index (χ4n) is 1.91. The molecule has 2 aromatic rings. The van der Waals surface area contributed by atoms with Crippen molar-refractivity contribution < 1.29 is 9.84 Å². The average molecular weight is 272 g/mol. The number of benzene rings is 1. The van der Waals surface area contributed by atoms with Gasteiger partial charge in [-0.05, 0) is 37.1 Å². The Bertz CT molecular complexity index is 610. The van der Waals surface area contributed by atoms with E-state index in [2.05, 4.69) is 16.1 Å². The lowest BCUT2D eigenvalue weighted by atomic mass is 10.1. The highest BCUT2D eigenvalue weighted by molar-refractivity contribution is 5.32. The maximum atomic E-state index is 9.89. The third-order valence-corrected chi connectivity index (χ3v) is 2.67. The Morgan fingerprint density at radius 2 is 2.05 bits per heavy atom. The van der Waals surface area contributed by atoms with Crippen LogP contribution in [0.1, 0.15) is 17.0 Å². The molecule has 6 heteroatoms. The molecule has 0 saturated heterocycles. The number of aliphatic hydroxyl groups is 1. The molecular formula is C14H16N4O2. The van der Waals surface area contributed by atoms with Gasteiger partial charge in [0.1, 0.15) is 30.9 Å². The van der Waals surface area contributed by atoms with E-state index in [-0.39, 0.29) is 19.0 Å². The fraction of sp³-hybridized carbons (Fsp3) is 0.357. The third-order valence-electron chi connectivity index (χ3n) is 2.67. The van der Waals surface area contributed by atoms with Crippen LogP contribution >= 0.6 is 0 Å². The molecule has 1 aromatic heterocycles. The summed E-state index contributed by atoms with van der Waals surface area (Å²) in [7, 11) is 0. The van der Waals surface area contributed by atoms with Crippen LogP contribution in [0.5, 0.6) is 5.75 Å². The maximum absolute atomic E-state index is 9.89. The number of nitrogens with zero attached hydrogens (tertiary/aromatic N) is 4. The largest absolute Gasteiger partial charge is 0.491 e. The van der Waals surface area contributed by atoms with Crippen LogP contribution < -0.4 is 4.74 Å². The monoisotopic (exact) mass is 272 g/mol. The molecule has 0 unspecified atom stereocenters. The molecule has 0 spiro atoms. The SMILES string of the molecule is Cc1cc(C)cc(OC[C@@H](O)Cn2cnc(C#N)n2)c1. The molecular weight excluding hydrogens is 256 g/mol. The molecule has 0 radical (unpaired) electrons. The second-order valence-electron chi connectivity index (χ2n) is 4.69. The molecule has 1 atom stereocenters. The van der Waals surface area contributed by atoms with Crippen molar-refractivity contribution in [1.29, 1.82) is 5.26 Å². The standard InChI is InChI=1S/C14H16N4O2/c1-10-3-11(2)5-13(4-10)20-8-12(19)7-18-9-16-14(6-15)17-18/h3-5,9,12,19H,7-8H2,1-2H3/t12-/m0/s1. The lowest BCUT2D eigenvalue weighted by Gasteiger charge is -2.13. The number of hydrogen-bond acceptors (Lipinski definition) is 5. The van der Waals surface area contributed by atoms with Gasteiger partial charge in [-0.1, -0.05) is 6.07 Å². The van der Waals surface area contributed by atoms with E-state index in [0.717, 1.165) is 16.9 Å². The van der Waals surface area contributed by atoms with Crippen LogP contribution in [-0.2, 0) is 6.54 Å². The first kappa shape index (κ1) is 14.0. The molecule has 0 aliphatic heterocycles. The van der Waals surface area contributed by atoms with Crippen molar-refractivity contribution in [1.82, 2.24) is 14.8 Å². The minimum atomic E-state index is -0.718. The minimum Gasteiger partial charge on any atom is -0.491 e. The molecule has 1 heterocycles. The smallest absolute Gasteiger partial charge is 0.252 e. The Labute approximate surface area is 117 Å². The molecule has 0 fully saturated rings. The first-order valence-electron chi connectivity index (χ1n) is 6.25. The highest BCUT2D eigenvalue weighted by atomic mass is 16.5. The van der Waals surface area contributed by atoms with Crippen molar-refractivity contribution in [2.24, 2.45) is 0 Å². The number of aliphatic hydroxyl groups excluding tert-OH is 1. The normalized spacial score (nSPS) is 11.9. The Hall–Kier alpha value is -2.39. The van der Waals surface area contributed by atoms with Gasteiger partial charge in [0.2, 0.25) is 0 Å². The van der Waals surface area contributed by atoms with Gasteiger partial charge < -0.3 is 9.84 Å². The molecule has 2 rings (SSSR count). The molecule has 20 heavy (non-hydrogen) atoms. The van der Waals surface area contributed by atoms with Gasteiger partial charge in [0.05, 0.1) is 6.54 Å². The van der Waals surface area contributed by atoms with E-state index in [9.17, 15) is 5.11 Å². The summed E-state index contributed by atoms with van der Waals surface area (Å²) in [5.41, 5.74) is 2.23. The molecule has 1 N–H and O–H groups in total. The van der Waals surface area contributed by atoms with Gasteiger partial charge >= 0.3 is 0 Å². The highest BCUT2D eigenvalue weighted by Crippen LogP contribution is 2.16. The summed E-state index contributed by atoms with van der Waals surface area (Å²) >= 11 is 0. The topological polar surface area (TPSA) is 84.0 Å². The predicted octanol–water partition coefficient (Wildman–Crippen LogP) is 1.21. The molecule has 6 nitrogen and oxygen atoms in total. The number of nitriles is 1. The van der Waals surface area contributed by atoms with Gasteiger partial charge in [0, 0.05) is 0 Å². The third kappa shape index (κ3) is 3.80. The summed E-state index contributed by atoms with van der Waals surface area (Å²) in [6, 6.07) is 7.73. The van der Waals surface area contributed by atoms with Crippen molar-refractivity contribution in [3.63, 3.8) is 0 Å². The maximum Gasteiger partial charge on any atom is 0.252 e. The molecule has 0 aliphatic carbocycles. The zero-order chi connectivity index (χ0) is 14.5. The van der Waals surface area contributed by atoms with E-state index in [4.69, 9.17) is 10.00 Å². The Morgan fingerprint density at radius 1 is 1.35 bits per heavy atom. The van der Waals surface area contributed by atoms with E-state index < -0.39 is 6.10 Å². The molecule has 0 saturated carbocycles. The van der Waals surface area contributed by atoms with Crippen LogP contribution in [0.15, 0.2) is 24.5 Å². The zero-order valence-electron chi connectivity index (χ0n) is 11.4. The number of aromatic nitrogens is 3. The molecule has 0 bridgehead atoms. The number of rotatable bonds is 5.